The standard InChI is InChI=1S/C20H22N2O6S2.C17H22O6S.C15H18O6S.C13H15N2O4S.C13H14O5S.C13H14O3S.C9H10S/c1-3-28-20(23)19(21-22-30(26,27)18-8-4-14(2)5-9-18)15-6-10-16(11-7-15)29(24,25)17-12-13-17;1-2-22-17(18)16(23-13-9-10-21-11-13)12-3-5-14(6-4-12)24(19,20)15-7-8-15;16-15(17)14(21-11-7-8-20-9-11)10-1-3-12(4-2-10)22(18,19)13-5-6-13;1-2-19-13(16)12(15-14)9-3-5-10(6-4-9)20(17,18)11-7-8-11;1-2-18-13(15)12(14)9-3-5-10(6-4-9)19(16,17)11-7-8-11;1-2-16-13(15)12(14)9-3-5-10(6-4-9)17-11-7-8-11;1-2-4-8(5-3-1)10-9-6-7-9/h4-11,17,22H,3,12-13H2,1-2H3;3-6,13,15-16H,2,7-11H2,1H3;1-4,11,13-14H,5-9H2,(H,16,17);3-6,11,14H,2,7-8H2,1H3;3-6,11H,2,7-8H2,1H3;3-6,11H,2,7-8H2,1H3;1-5,9H,6-7H2/q;;;+1;;;/b21-19+;;;;;;. The van der Waals surface area contributed by atoms with Gasteiger partial charge in [-0.2, -0.15) is 18.4 Å². The number of carboxylic acid groups (broad SMARTS) is 1. The highest BCUT2D eigenvalue weighted by molar-refractivity contribution is 8.00. The number of sulfonamides is 1. The molecular formula is C100H115N4O30S8+. The molecule has 8 aromatic carbocycles. The molecule has 34 nitrogen and oxygen atoms in total. The minimum Gasteiger partial charge on any atom is -0.479 e. The number of benzene rings is 8. The van der Waals surface area contributed by atoms with Crippen molar-refractivity contribution >= 4 is 142 Å². The Labute approximate surface area is 835 Å². The van der Waals surface area contributed by atoms with Crippen molar-refractivity contribution in [3.63, 3.8) is 0 Å². The average molecular weight is 2110 g/mol. The second-order valence-electron chi connectivity index (χ2n) is 33.9. The summed E-state index contributed by atoms with van der Waals surface area (Å²) >= 11 is 3.83. The Balaban J connectivity index is 0.000000161. The van der Waals surface area contributed by atoms with Crippen molar-refractivity contribution in [3.05, 3.63) is 239 Å². The third kappa shape index (κ3) is 32.5. The van der Waals surface area contributed by atoms with Crippen LogP contribution in [-0.4, -0.2) is 228 Å². The van der Waals surface area contributed by atoms with Gasteiger partial charge in [0, 0.05) is 50.2 Å². The minimum absolute atomic E-state index is 0.00839. The summed E-state index contributed by atoms with van der Waals surface area (Å²) in [6.07, 6.45) is 11.3. The van der Waals surface area contributed by atoms with Crippen LogP contribution < -0.4 is 4.83 Å². The van der Waals surface area contributed by atoms with E-state index >= 15 is 0 Å². The van der Waals surface area contributed by atoms with Gasteiger partial charge < -0.3 is 47.7 Å². The predicted octanol–water partition coefficient (Wildman–Crippen LogP) is 14.0. The first-order valence-corrected chi connectivity index (χ1v) is 57.5. The molecule has 0 aromatic heterocycles. The van der Waals surface area contributed by atoms with Crippen molar-refractivity contribution in [2.45, 2.75) is 245 Å². The Bertz CT molecular complexity index is 6540. The molecule has 2 heterocycles. The van der Waals surface area contributed by atoms with Crippen LogP contribution in [0.15, 0.2) is 244 Å². The zero-order valence-electron chi connectivity index (χ0n) is 79.0. The lowest BCUT2D eigenvalue weighted by molar-refractivity contribution is -0.161. The lowest BCUT2D eigenvalue weighted by atomic mass is 10.1. The maximum absolute atomic E-state index is 12.5. The summed E-state index contributed by atoms with van der Waals surface area (Å²) in [6.45, 7) is 13.0. The maximum Gasteiger partial charge on any atom is 0.455 e. The molecule has 142 heavy (non-hydrogen) atoms. The van der Waals surface area contributed by atoms with Crippen molar-refractivity contribution < 1.29 is 141 Å². The van der Waals surface area contributed by atoms with Crippen LogP contribution in [-0.2, 0) is 131 Å². The molecule has 7 saturated carbocycles. The topological polar surface area (TPSA) is 507 Å². The number of carbonyl (C=O) groups excluding carboxylic acids is 7. The summed E-state index contributed by atoms with van der Waals surface area (Å²) < 4.78 is 192. The van der Waals surface area contributed by atoms with Gasteiger partial charge in [-0.25, -0.2) is 70.9 Å². The van der Waals surface area contributed by atoms with E-state index in [1.54, 1.807) is 83.1 Å². The van der Waals surface area contributed by atoms with Crippen LogP contribution in [0.25, 0.3) is 0 Å². The van der Waals surface area contributed by atoms with Crippen molar-refractivity contribution in [2.75, 3.05) is 59.5 Å². The van der Waals surface area contributed by atoms with E-state index in [4.69, 9.17) is 38.7 Å². The number of rotatable bonds is 38. The highest BCUT2D eigenvalue weighted by Gasteiger charge is 2.43. The lowest BCUT2D eigenvalue weighted by Crippen LogP contribution is -2.26. The fourth-order valence-electron chi connectivity index (χ4n) is 13.6. The number of ether oxygens (including phenoxy) is 9. The summed E-state index contributed by atoms with van der Waals surface area (Å²) in [5.41, 5.74) is 9.67. The van der Waals surface area contributed by atoms with Gasteiger partial charge in [0.15, 0.2) is 67.1 Å². The maximum atomic E-state index is 12.5. The monoisotopic (exact) mass is 2110 g/mol. The largest absolute Gasteiger partial charge is 0.479 e. The van der Waals surface area contributed by atoms with E-state index < -0.39 is 119 Å². The van der Waals surface area contributed by atoms with Crippen LogP contribution in [0.4, 0.5) is 0 Å². The number of ketones is 2. The highest BCUT2D eigenvalue weighted by Crippen LogP contribution is 2.42. The van der Waals surface area contributed by atoms with Gasteiger partial charge in [0.25, 0.3) is 21.6 Å². The number of hydrogen-bond acceptors (Lipinski definition) is 33. The fraction of sp³-hybridized carbons (Fsp3) is 0.420. The Morgan fingerprint density at radius 1 is 0.380 bits per heavy atom. The van der Waals surface area contributed by atoms with Crippen LogP contribution in [0.5, 0.6) is 0 Å². The van der Waals surface area contributed by atoms with Gasteiger partial charge in [-0.15, -0.1) is 23.5 Å². The second-order valence-corrected chi connectivity index (χ2v) is 49.4. The number of carboxylic acids is 1. The highest BCUT2D eigenvalue weighted by atomic mass is 32.2. The average Bonchev–Trinajstić information content (AvgIpc) is 1.65. The first kappa shape index (κ1) is 111. The molecule has 762 valence electrons. The Morgan fingerprint density at radius 2 is 0.697 bits per heavy atom. The minimum atomic E-state index is -4.00. The quantitative estimate of drug-likeness (QED) is 0.00473. The second kappa shape index (κ2) is 51.5. The lowest BCUT2D eigenvalue weighted by Gasteiger charge is -2.20. The number of nitrogens with one attached hydrogen (secondary N) is 2. The number of aliphatic carboxylic acids is 1. The number of nitrogens with zero attached hydrogens (tertiary/aromatic N) is 2. The van der Waals surface area contributed by atoms with Crippen molar-refractivity contribution in [2.24, 2.45) is 5.10 Å². The summed E-state index contributed by atoms with van der Waals surface area (Å²) in [5, 5.41) is 13.3. The third-order valence-electron chi connectivity index (χ3n) is 22.4. The first-order valence-electron chi connectivity index (χ1n) is 46.5. The first-order chi connectivity index (χ1) is 67.8. The molecule has 17 rings (SSSR count). The Kier molecular flexibility index (Phi) is 40.4. The zero-order valence-corrected chi connectivity index (χ0v) is 85.6. The van der Waals surface area contributed by atoms with E-state index in [1.165, 1.54) is 140 Å². The van der Waals surface area contributed by atoms with Gasteiger partial charge in [0.05, 0.1) is 130 Å². The number of Topliss-reactive ketones (excluding diaryl/α,β-unsaturated/α-hetero) is 2. The van der Waals surface area contributed by atoms with Gasteiger partial charge in [-0.1, -0.05) is 72.3 Å². The molecule has 9 aliphatic rings. The molecule has 9 fully saturated rings. The van der Waals surface area contributed by atoms with Crippen LogP contribution in [0.2, 0.25) is 0 Å². The van der Waals surface area contributed by atoms with E-state index in [9.17, 15) is 94.0 Å². The number of hydrazone groups is 1. The summed E-state index contributed by atoms with van der Waals surface area (Å²) in [7, 11) is -20.4. The molecule has 4 atom stereocenters. The molecular weight excluding hydrogens is 1990 g/mol. The molecule has 42 heteroatoms. The van der Waals surface area contributed by atoms with Crippen LogP contribution in [0.3, 0.4) is 0 Å². The van der Waals surface area contributed by atoms with Gasteiger partial charge in [0.2, 0.25) is 0 Å². The van der Waals surface area contributed by atoms with Gasteiger partial charge in [-0.05, 0) is 289 Å². The van der Waals surface area contributed by atoms with E-state index in [2.05, 4.69) is 49.7 Å². The summed E-state index contributed by atoms with van der Waals surface area (Å²) in [5.74, 6) is -6.14. The fourth-order valence-corrected chi connectivity index (χ4v) is 24.8. The molecule has 0 bridgehead atoms. The SMILES string of the molecule is CCOC(=O)/C(=N/NS(=O)(=O)c1ccc(C)cc1)c1ccc(S(=O)(=O)C2CC2)cc1.CCOC(=O)C(=O)c1ccc(S(=O)(=O)C2CC2)cc1.CCOC(=O)C(=O)c1ccc(SC2CC2)cc1.CCOC(=O)C(=[N+]=N)c1ccc(S(=O)(=O)C2CC2)cc1.CCOC(=O)C(OC1CCOC1)c1ccc(S(=O)(=O)C2CC2)cc1.O=C(O)C(OC1CCOC1)c1ccc(S(=O)(=O)C2CC2)cc1.c1ccc(SC2CC2)cc1. The predicted molar refractivity (Wildman–Crippen MR) is 525 cm³/mol. The zero-order chi connectivity index (χ0) is 103. The van der Waals surface area contributed by atoms with E-state index in [1.807, 2.05) is 47.4 Å². The molecule has 0 amide bonds. The number of hydrogen-bond donors (Lipinski definition) is 3. The number of aryl methyl sites for hydroxylation is 1. The number of thioether (sulfide) groups is 2. The molecule has 2 saturated heterocycles. The molecule has 2 aliphatic heterocycles. The Hall–Kier alpha value is -11.0. The molecule has 8 aromatic rings. The third-order valence-corrected chi connectivity index (χ3v) is 37.8. The Morgan fingerprint density at radius 3 is 1.04 bits per heavy atom. The van der Waals surface area contributed by atoms with Gasteiger partial charge >= 0.3 is 41.5 Å². The molecule has 3 N–H and O–H groups in total. The number of sulfone groups is 5. The van der Waals surface area contributed by atoms with E-state index in [0.29, 0.717) is 111 Å². The summed E-state index contributed by atoms with van der Waals surface area (Å²) in [4.78, 5) is 102. The smallest absolute Gasteiger partial charge is 0.455 e. The van der Waals surface area contributed by atoms with Gasteiger partial charge in [0.1, 0.15) is 0 Å². The molecule has 0 radical (unpaired) electrons. The van der Waals surface area contributed by atoms with Crippen LogP contribution in [0, 0.1) is 12.5 Å². The van der Waals surface area contributed by atoms with Crippen molar-refractivity contribution in [1.82, 2.24) is 4.83 Å². The van der Waals surface area contributed by atoms with E-state index in [0.717, 1.165) is 40.2 Å². The molecule has 0 spiro atoms. The normalized spacial score (nSPS) is 17.5. The van der Waals surface area contributed by atoms with Crippen molar-refractivity contribution in [3.8, 4) is 0 Å². The van der Waals surface area contributed by atoms with E-state index in [-0.39, 0.29) is 119 Å². The molecule has 4 unspecified atom stereocenters. The van der Waals surface area contributed by atoms with Crippen LogP contribution >= 0.6 is 23.5 Å². The number of esters is 5. The summed E-state index contributed by atoms with van der Waals surface area (Å²) in [6, 6.07) is 53.0. The number of carbonyl (C=O) groups is 8. The molecule has 7 aliphatic carbocycles. The van der Waals surface area contributed by atoms with Crippen molar-refractivity contribution in [1.29, 1.82) is 5.53 Å². The van der Waals surface area contributed by atoms with Gasteiger partial charge in [-0.3, -0.25) is 9.59 Å². The van der Waals surface area contributed by atoms with Crippen LogP contribution in [0.1, 0.15) is 198 Å².